The van der Waals surface area contributed by atoms with Crippen LogP contribution >= 0.6 is 0 Å². The molecule has 1 aliphatic heterocycles. The Morgan fingerprint density at radius 3 is 2.00 bits per heavy atom. The van der Waals surface area contributed by atoms with E-state index in [0.29, 0.717) is 19.6 Å². The number of nitrogens with one attached hydrogen (secondary N) is 1. The van der Waals surface area contributed by atoms with Crippen LogP contribution in [-0.2, 0) is 12.4 Å². The Kier molecular flexibility index (Phi) is 8.78. The minimum absolute atomic E-state index is 0.0427. The van der Waals surface area contributed by atoms with Crippen molar-refractivity contribution < 1.29 is 30.7 Å². The summed E-state index contributed by atoms with van der Waals surface area (Å²) in [6.07, 6.45) is -8.08. The topological polar surface area (TPSA) is 53.6 Å². The number of nitrogens with two attached hydrogens (primary N) is 1. The van der Waals surface area contributed by atoms with E-state index in [2.05, 4.69) is 15.2 Å². The van der Waals surface area contributed by atoms with Gasteiger partial charge in [-0.15, -0.1) is 0 Å². The van der Waals surface area contributed by atoms with E-state index in [-0.39, 0.29) is 23.4 Å². The summed E-state index contributed by atoms with van der Waals surface area (Å²) in [5.74, 6) is 0.203. The molecular weight excluding hydrogens is 453 g/mol. The molecule has 2 rings (SSSR count). The zero-order valence-electron chi connectivity index (χ0n) is 19.0. The van der Waals surface area contributed by atoms with Gasteiger partial charge in [-0.05, 0) is 82.9 Å². The maximum Gasteiger partial charge on any atom is 0.416 e. The molecule has 1 aromatic rings. The molecule has 1 atom stereocenters. The second-order valence-electron chi connectivity index (χ2n) is 8.99. The third kappa shape index (κ3) is 8.44. The smallest absolute Gasteiger partial charge is 0.385 e. The van der Waals surface area contributed by atoms with Crippen LogP contribution in [0.3, 0.4) is 0 Å². The van der Waals surface area contributed by atoms with Crippen molar-refractivity contribution >= 4 is 5.84 Å². The molecule has 0 aromatic heterocycles. The second kappa shape index (κ2) is 10.6. The summed E-state index contributed by atoms with van der Waals surface area (Å²) in [4.78, 5) is 6.23. The lowest BCUT2D eigenvalue weighted by atomic mass is 9.95. The SMILES string of the molecule is CC(NCC1CCN(CCN=C(N)C(C)(C)F)CC1)c1cc(C(F)(F)F)cc(C(F)(F)F)c1. The number of aliphatic imine (C=N–C) groups is 1. The predicted octanol–water partition coefficient (Wildman–Crippen LogP) is 5.19. The van der Waals surface area contributed by atoms with Crippen molar-refractivity contribution in [2.24, 2.45) is 16.6 Å². The van der Waals surface area contributed by atoms with Gasteiger partial charge in [-0.1, -0.05) is 0 Å². The zero-order chi connectivity index (χ0) is 25.0. The number of alkyl halides is 7. The quantitative estimate of drug-likeness (QED) is 0.303. The van der Waals surface area contributed by atoms with Gasteiger partial charge in [0.15, 0.2) is 5.67 Å². The highest BCUT2D eigenvalue weighted by Gasteiger charge is 2.37. The number of likely N-dealkylation sites (tertiary alicyclic amines) is 1. The molecule has 0 aliphatic carbocycles. The summed E-state index contributed by atoms with van der Waals surface area (Å²) in [6.45, 7) is 7.29. The van der Waals surface area contributed by atoms with Crippen LogP contribution < -0.4 is 11.1 Å². The van der Waals surface area contributed by atoms with Gasteiger partial charge in [0.25, 0.3) is 0 Å². The number of rotatable bonds is 8. The highest BCUT2D eigenvalue weighted by Crippen LogP contribution is 2.37. The van der Waals surface area contributed by atoms with Crippen LogP contribution in [0.4, 0.5) is 30.7 Å². The lowest BCUT2D eigenvalue weighted by Gasteiger charge is -2.32. The lowest BCUT2D eigenvalue weighted by molar-refractivity contribution is -0.143. The van der Waals surface area contributed by atoms with E-state index >= 15 is 0 Å². The van der Waals surface area contributed by atoms with Crippen molar-refractivity contribution in [3.05, 3.63) is 34.9 Å². The number of nitrogens with zero attached hydrogens (tertiary/aromatic N) is 2. The molecule has 1 saturated heterocycles. The van der Waals surface area contributed by atoms with Crippen molar-refractivity contribution in [1.29, 1.82) is 0 Å². The summed E-state index contributed by atoms with van der Waals surface area (Å²) in [5.41, 5.74) is 1.26. The number of benzene rings is 1. The fourth-order valence-electron chi connectivity index (χ4n) is 3.60. The fourth-order valence-corrected chi connectivity index (χ4v) is 3.60. The predicted molar refractivity (Wildman–Crippen MR) is 114 cm³/mol. The van der Waals surface area contributed by atoms with Crippen molar-refractivity contribution in [2.45, 2.75) is 57.7 Å². The first-order valence-electron chi connectivity index (χ1n) is 10.8. The Bertz CT molecular complexity index is 772. The minimum Gasteiger partial charge on any atom is -0.385 e. The van der Waals surface area contributed by atoms with E-state index in [9.17, 15) is 30.7 Å². The Morgan fingerprint density at radius 1 is 1.03 bits per heavy atom. The Hall–Kier alpha value is -1.88. The van der Waals surface area contributed by atoms with Gasteiger partial charge in [-0.3, -0.25) is 4.99 Å². The van der Waals surface area contributed by atoms with Gasteiger partial charge in [-0.25, -0.2) is 4.39 Å². The first kappa shape index (κ1) is 27.4. The van der Waals surface area contributed by atoms with Crippen LogP contribution in [0.25, 0.3) is 0 Å². The number of hydrogen-bond donors (Lipinski definition) is 2. The zero-order valence-corrected chi connectivity index (χ0v) is 19.0. The molecule has 1 heterocycles. The average Bonchev–Trinajstić information content (AvgIpc) is 2.70. The largest absolute Gasteiger partial charge is 0.416 e. The lowest BCUT2D eigenvalue weighted by Crippen LogP contribution is -2.39. The molecular formula is C22H31F7N4. The maximum atomic E-state index is 13.6. The van der Waals surface area contributed by atoms with Crippen LogP contribution in [0.15, 0.2) is 23.2 Å². The second-order valence-corrected chi connectivity index (χ2v) is 8.99. The molecule has 0 amide bonds. The molecule has 0 spiro atoms. The average molecular weight is 485 g/mol. The third-order valence-corrected chi connectivity index (χ3v) is 5.84. The van der Waals surface area contributed by atoms with Gasteiger partial charge in [0.2, 0.25) is 0 Å². The first-order chi connectivity index (χ1) is 15.1. The highest BCUT2D eigenvalue weighted by molar-refractivity contribution is 5.88. The van der Waals surface area contributed by atoms with E-state index < -0.39 is 35.2 Å². The number of halogens is 7. The molecule has 188 valence electrons. The molecule has 3 N–H and O–H groups in total. The Morgan fingerprint density at radius 2 is 1.55 bits per heavy atom. The van der Waals surface area contributed by atoms with Crippen LogP contribution in [0.2, 0.25) is 0 Å². The molecule has 0 bridgehead atoms. The van der Waals surface area contributed by atoms with Gasteiger partial charge in [-0.2, -0.15) is 26.3 Å². The summed E-state index contributed by atoms with van der Waals surface area (Å²) in [7, 11) is 0. The summed E-state index contributed by atoms with van der Waals surface area (Å²) >= 11 is 0. The normalized spacial score (nSPS) is 18.5. The van der Waals surface area contributed by atoms with Crippen LogP contribution in [0.5, 0.6) is 0 Å². The van der Waals surface area contributed by atoms with E-state index in [1.54, 1.807) is 6.92 Å². The highest BCUT2D eigenvalue weighted by atomic mass is 19.4. The standard InChI is InChI=1S/C22H31F7N4/c1-14(16-10-17(21(24,25)26)12-18(11-16)22(27,28)29)32-13-15-4-7-33(8-5-15)9-6-31-19(30)20(2,3)23/h10-12,14-15,32H,4-9,13H2,1-3H3,(H2,30,31). The number of piperidine rings is 1. The molecule has 1 unspecified atom stereocenters. The van der Waals surface area contributed by atoms with Crippen molar-refractivity contribution in [1.82, 2.24) is 10.2 Å². The summed E-state index contributed by atoms with van der Waals surface area (Å²) in [5, 5.41) is 3.08. The molecule has 33 heavy (non-hydrogen) atoms. The number of hydrogen-bond acceptors (Lipinski definition) is 3. The maximum absolute atomic E-state index is 13.6. The van der Waals surface area contributed by atoms with E-state index in [4.69, 9.17) is 5.73 Å². The fraction of sp³-hybridized carbons (Fsp3) is 0.682. The van der Waals surface area contributed by atoms with Gasteiger partial charge in [0.05, 0.1) is 17.7 Å². The van der Waals surface area contributed by atoms with Gasteiger partial charge >= 0.3 is 12.4 Å². The summed E-state index contributed by atoms with van der Waals surface area (Å²) in [6, 6.07) is 0.992. The minimum atomic E-state index is -4.86. The van der Waals surface area contributed by atoms with E-state index in [1.165, 1.54) is 13.8 Å². The van der Waals surface area contributed by atoms with E-state index in [1.807, 2.05) is 0 Å². The van der Waals surface area contributed by atoms with Gasteiger partial charge in [0.1, 0.15) is 5.84 Å². The number of amidine groups is 1. The molecule has 1 aromatic carbocycles. The van der Waals surface area contributed by atoms with Crippen molar-refractivity contribution in [3.63, 3.8) is 0 Å². The molecule has 1 fully saturated rings. The van der Waals surface area contributed by atoms with Gasteiger partial charge < -0.3 is 16.0 Å². The monoisotopic (exact) mass is 484 g/mol. The third-order valence-electron chi connectivity index (χ3n) is 5.84. The van der Waals surface area contributed by atoms with E-state index in [0.717, 1.165) is 38.1 Å². The Balaban J connectivity index is 1.89. The molecule has 1 aliphatic rings. The van der Waals surface area contributed by atoms with Crippen molar-refractivity contribution in [3.8, 4) is 0 Å². The Labute approximate surface area is 189 Å². The van der Waals surface area contributed by atoms with Crippen LogP contribution in [-0.4, -0.2) is 49.1 Å². The van der Waals surface area contributed by atoms with Crippen LogP contribution in [0, 0.1) is 5.92 Å². The van der Waals surface area contributed by atoms with Crippen molar-refractivity contribution in [2.75, 3.05) is 32.7 Å². The first-order valence-corrected chi connectivity index (χ1v) is 10.8. The molecule has 0 saturated carbocycles. The molecule has 4 nitrogen and oxygen atoms in total. The van der Waals surface area contributed by atoms with Crippen LogP contribution in [0.1, 0.15) is 56.3 Å². The molecule has 11 heteroatoms. The summed E-state index contributed by atoms with van der Waals surface area (Å²) < 4.78 is 92.1. The molecule has 0 radical (unpaired) electrons. The van der Waals surface area contributed by atoms with Gasteiger partial charge in [0, 0.05) is 12.6 Å².